The molecule has 0 unspecified atom stereocenters. The first-order valence-electron chi connectivity index (χ1n) is 7.22. The Morgan fingerprint density at radius 3 is 2.57 bits per heavy atom. The van der Waals surface area contributed by atoms with E-state index in [1.807, 2.05) is 18.2 Å². The predicted octanol–water partition coefficient (Wildman–Crippen LogP) is -1.91. The number of nitrogens with one attached hydrogen (secondary N) is 1. The Labute approximate surface area is 138 Å². The number of hydrogen-bond donors (Lipinski definition) is 2. The molecule has 2 rings (SSSR count). The molecule has 5 nitrogen and oxygen atoms in total. The summed E-state index contributed by atoms with van der Waals surface area (Å²) in [5, 5.41) is 3.46. The van der Waals surface area contributed by atoms with Gasteiger partial charge in [0.25, 0.3) is 0 Å². The van der Waals surface area contributed by atoms with E-state index in [9.17, 15) is 0 Å². The van der Waals surface area contributed by atoms with Gasteiger partial charge < -0.3 is 37.3 Å². The van der Waals surface area contributed by atoms with Gasteiger partial charge in [-0.15, -0.1) is 0 Å². The molecule has 3 N–H and O–H groups in total. The van der Waals surface area contributed by atoms with Crippen LogP contribution in [0.2, 0.25) is 0 Å². The number of nitrogen functional groups attached to an aromatic ring is 1. The topological polar surface area (TPSA) is 50.5 Å². The summed E-state index contributed by atoms with van der Waals surface area (Å²) in [6.45, 7) is 6.93. The minimum Gasteiger partial charge on any atom is -1.00 e. The number of nitrogens with two attached hydrogens (primary N) is 1. The lowest BCUT2D eigenvalue weighted by atomic mass is 10.2. The number of ether oxygens (including phenoxy) is 1. The molecular formula is C15H27BrN4O. The van der Waals surface area contributed by atoms with Crippen LogP contribution in [0.4, 0.5) is 11.4 Å². The van der Waals surface area contributed by atoms with Gasteiger partial charge in [-0.05, 0) is 25.2 Å². The number of rotatable bonds is 5. The van der Waals surface area contributed by atoms with Crippen molar-refractivity contribution in [1.82, 2.24) is 4.90 Å². The Hall–Kier alpha value is -0.980. The molecule has 0 bridgehead atoms. The second kappa shape index (κ2) is 7.87. The van der Waals surface area contributed by atoms with Gasteiger partial charge in [0.15, 0.2) is 0 Å². The summed E-state index contributed by atoms with van der Waals surface area (Å²) in [6, 6.07) is 5.85. The molecule has 1 fully saturated rings. The minimum atomic E-state index is 0. The summed E-state index contributed by atoms with van der Waals surface area (Å²) >= 11 is 0. The van der Waals surface area contributed by atoms with Crippen molar-refractivity contribution in [3.63, 3.8) is 0 Å². The molecule has 0 atom stereocenters. The Kier molecular flexibility index (Phi) is 6.77. The number of hydrogen-bond acceptors (Lipinski definition) is 4. The van der Waals surface area contributed by atoms with E-state index in [1.54, 1.807) is 7.11 Å². The van der Waals surface area contributed by atoms with Crippen LogP contribution in [0.1, 0.15) is 0 Å². The van der Waals surface area contributed by atoms with E-state index < -0.39 is 0 Å². The van der Waals surface area contributed by atoms with Crippen molar-refractivity contribution < 1.29 is 26.2 Å². The molecule has 0 saturated carbocycles. The molecule has 6 heteroatoms. The Bertz CT molecular complexity index is 447. The Morgan fingerprint density at radius 1 is 1.33 bits per heavy atom. The molecule has 21 heavy (non-hydrogen) atoms. The molecule has 0 radical (unpaired) electrons. The van der Waals surface area contributed by atoms with Crippen LogP contribution in [0.15, 0.2) is 18.2 Å². The highest BCUT2D eigenvalue weighted by atomic mass is 79.9. The fraction of sp³-hybridized carbons (Fsp3) is 0.600. The third-order valence-corrected chi connectivity index (χ3v) is 4.25. The number of methoxy groups -OCH3 is 1. The third kappa shape index (κ3) is 5.05. The molecule has 1 heterocycles. The van der Waals surface area contributed by atoms with Gasteiger partial charge in [-0.25, -0.2) is 0 Å². The third-order valence-electron chi connectivity index (χ3n) is 4.25. The van der Waals surface area contributed by atoms with Crippen molar-refractivity contribution in [2.24, 2.45) is 0 Å². The van der Waals surface area contributed by atoms with E-state index in [1.165, 1.54) is 26.2 Å². The number of likely N-dealkylation sites (N-methyl/N-ethyl adjacent to an activating group) is 2. The number of piperazine rings is 1. The summed E-state index contributed by atoms with van der Waals surface area (Å²) in [4.78, 5) is 2.40. The predicted molar refractivity (Wildman–Crippen MR) is 84.2 cm³/mol. The Balaban J connectivity index is 0.00000220. The molecule has 0 spiro atoms. The van der Waals surface area contributed by atoms with Gasteiger partial charge in [-0.3, -0.25) is 4.90 Å². The van der Waals surface area contributed by atoms with Crippen LogP contribution in [-0.2, 0) is 0 Å². The van der Waals surface area contributed by atoms with E-state index in [2.05, 4.69) is 24.3 Å². The minimum absolute atomic E-state index is 0. The zero-order valence-corrected chi connectivity index (χ0v) is 14.8. The number of anilines is 2. The largest absolute Gasteiger partial charge is 1.00 e. The average molecular weight is 359 g/mol. The highest BCUT2D eigenvalue weighted by molar-refractivity contribution is 5.62. The van der Waals surface area contributed by atoms with E-state index in [-0.39, 0.29) is 17.0 Å². The first-order valence-corrected chi connectivity index (χ1v) is 7.22. The van der Waals surface area contributed by atoms with Crippen LogP contribution < -0.4 is 32.8 Å². The maximum Gasteiger partial charge on any atom is 0.141 e. The fourth-order valence-electron chi connectivity index (χ4n) is 2.59. The van der Waals surface area contributed by atoms with Crippen molar-refractivity contribution in [1.29, 1.82) is 0 Å². The van der Waals surface area contributed by atoms with Crippen molar-refractivity contribution in [3.8, 4) is 5.75 Å². The van der Waals surface area contributed by atoms with Crippen molar-refractivity contribution in [2.75, 3.05) is 71.5 Å². The van der Waals surface area contributed by atoms with Gasteiger partial charge in [-0.1, -0.05) is 0 Å². The summed E-state index contributed by atoms with van der Waals surface area (Å²) in [5.41, 5.74) is 7.65. The van der Waals surface area contributed by atoms with Crippen LogP contribution >= 0.6 is 0 Å². The number of nitrogens with zero attached hydrogens (tertiary/aromatic N) is 2. The number of quaternary nitrogens is 1. The summed E-state index contributed by atoms with van der Waals surface area (Å²) in [7, 11) is 6.18. The summed E-state index contributed by atoms with van der Waals surface area (Å²) in [5.74, 6) is 0.730. The zero-order chi connectivity index (χ0) is 14.6. The van der Waals surface area contributed by atoms with Gasteiger partial charge in [0, 0.05) is 18.8 Å². The molecule has 1 aliphatic rings. The maximum absolute atomic E-state index is 5.91. The fourth-order valence-corrected chi connectivity index (χ4v) is 2.59. The van der Waals surface area contributed by atoms with Gasteiger partial charge >= 0.3 is 0 Å². The molecular weight excluding hydrogens is 332 g/mol. The van der Waals surface area contributed by atoms with Crippen molar-refractivity contribution >= 4 is 11.4 Å². The Morgan fingerprint density at radius 2 is 2.00 bits per heavy atom. The molecule has 0 aliphatic carbocycles. The van der Waals surface area contributed by atoms with E-state index in [4.69, 9.17) is 10.5 Å². The van der Waals surface area contributed by atoms with Gasteiger partial charge in [0.2, 0.25) is 0 Å². The highest BCUT2D eigenvalue weighted by Crippen LogP contribution is 2.24. The monoisotopic (exact) mass is 358 g/mol. The lowest BCUT2D eigenvalue weighted by molar-refractivity contribution is -0.911. The van der Waals surface area contributed by atoms with Crippen LogP contribution in [0.25, 0.3) is 0 Å². The number of benzene rings is 1. The van der Waals surface area contributed by atoms with Crippen LogP contribution in [-0.4, -0.2) is 69.9 Å². The van der Waals surface area contributed by atoms with Crippen LogP contribution in [0, 0.1) is 0 Å². The van der Waals surface area contributed by atoms with Gasteiger partial charge in [-0.2, -0.15) is 0 Å². The van der Waals surface area contributed by atoms with E-state index in [0.29, 0.717) is 5.69 Å². The molecule has 0 amide bonds. The zero-order valence-electron chi connectivity index (χ0n) is 13.2. The van der Waals surface area contributed by atoms with Crippen LogP contribution in [0.5, 0.6) is 5.75 Å². The van der Waals surface area contributed by atoms with Crippen molar-refractivity contribution in [2.45, 2.75) is 0 Å². The lowest BCUT2D eigenvalue weighted by Gasteiger charge is -2.41. The lowest BCUT2D eigenvalue weighted by Crippen LogP contribution is -3.00. The smallest absolute Gasteiger partial charge is 0.141 e. The van der Waals surface area contributed by atoms with E-state index in [0.717, 1.165) is 29.0 Å². The highest BCUT2D eigenvalue weighted by Gasteiger charge is 2.26. The first-order chi connectivity index (χ1) is 9.52. The van der Waals surface area contributed by atoms with Gasteiger partial charge in [0.1, 0.15) is 5.75 Å². The average Bonchev–Trinajstić information content (AvgIpc) is 2.43. The molecule has 0 aromatic heterocycles. The molecule has 1 aliphatic heterocycles. The second-order valence-electron chi connectivity index (χ2n) is 5.98. The number of halogens is 1. The maximum atomic E-state index is 5.91. The quantitative estimate of drug-likeness (QED) is 0.476. The summed E-state index contributed by atoms with van der Waals surface area (Å²) < 4.78 is 6.31. The molecule has 1 saturated heterocycles. The van der Waals surface area contributed by atoms with E-state index >= 15 is 0 Å². The molecule has 1 aromatic rings. The first kappa shape index (κ1) is 18.1. The van der Waals surface area contributed by atoms with Gasteiger partial charge in [0.05, 0.1) is 46.0 Å². The van der Waals surface area contributed by atoms with Crippen LogP contribution in [0.3, 0.4) is 0 Å². The SMILES string of the molecule is COc1ccc(NCC[N+]2(C)CCN(C)CC2)cc1N.[Br-]. The molecule has 1 aromatic carbocycles. The second-order valence-corrected chi connectivity index (χ2v) is 5.98. The normalized spacial score (nSPS) is 17.9. The molecule has 120 valence electrons. The standard InChI is InChI=1S/C15H27N4O.BrH/c1-18-7-10-19(2,11-8-18)9-6-17-13-4-5-15(20-3)14(16)12-13;/h4-5,12,17H,6-11,16H2,1-3H3;1H/q+1;/p-1. The summed E-state index contributed by atoms with van der Waals surface area (Å²) in [6.07, 6.45) is 0. The van der Waals surface area contributed by atoms with Crippen molar-refractivity contribution in [3.05, 3.63) is 18.2 Å².